The third-order valence-corrected chi connectivity index (χ3v) is 7.73. The molecule has 1 aliphatic heterocycles. The Labute approximate surface area is 203 Å². The Morgan fingerprint density at radius 3 is 2.32 bits per heavy atom. The van der Waals surface area contributed by atoms with Crippen LogP contribution in [0.1, 0.15) is 43.7 Å². The van der Waals surface area contributed by atoms with Gasteiger partial charge in [-0.05, 0) is 34.6 Å². The first-order valence-corrected chi connectivity index (χ1v) is 12.8. The second-order valence-electron chi connectivity index (χ2n) is 8.93. The molecule has 1 fully saturated rings. The Hall–Kier alpha value is -3.00. The molecule has 2 N–H and O–H groups in total. The number of nitrogens with one attached hydrogen (secondary N) is 1. The van der Waals surface area contributed by atoms with Gasteiger partial charge in [-0.3, -0.25) is 4.79 Å². The van der Waals surface area contributed by atoms with Crippen molar-refractivity contribution >= 4 is 29.7 Å². The Morgan fingerprint density at radius 2 is 1.74 bits per heavy atom. The van der Waals surface area contributed by atoms with Gasteiger partial charge in [0.2, 0.25) is 5.91 Å². The predicted molar refractivity (Wildman–Crippen MR) is 132 cm³/mol. The molecule has 0 spiro atoms. The number of hydrogen-bond donors (Lipinski definition) is 2. The molecule has 0 aromatic heterocycles. The topological polar surface area (TPSA) is 95.9 Å². The van der Waals surface area contributed by atoms with Crippen LogP contribution in [-0.2, 0) is 14.3 Å². The highest BCUT2D eigenvalue weighted by Gasteiger charge is 2.39. The lowest BCUT2D eigenvalue weighted by atomic mass is 9.98. The van der Waals surface area contributed by atoms with Gasteiger partial charge >= 0.3 is 12.1 Å². The highest BCUT2D eigenvalue weighted by atomic mass is 32.2. The molecule has 1 aliphatic carbocycles. The maximum atomic E-state index is 13.2. The van der Waals surface area contributed by atoms with E-state index in [0.717, 1.165) is 28.7 Å². The molecule has 2 aromatic rings. The van der Waals surface area contributed by atoms with Crippen LogP contribution in [0.15, 0.2) is 48.5 Å². The van der Waals surface area contributed by atoms with Crippen molar-refractivity contribution in [2.24, 2.45) is 5.92 Å². The van der Waals surface area contributed by atoms with E-state index >= 15 is 0 Å². The number of nitrogens with zero attached hydrogens (tertiary/aromatic N) is 1. The van der Waals surface area contributed by atoms with Crippen LogP contribution in [0, 0.1) is 5.92 Å². The van der Waals surface area contributed by atoms with E-state index in [9.17, 15) is 19.5 Å². The van der Waals surface area contributed by atoms with Gasteiger partial charge in [-0.1, -0.05) is 68.8 Å². The van der Waals surface area contributed by atoms with Gasteiger partial charge < -0.3 is 20.1 Å². The number of benzene rings is 2. The molecule has 34 heavy (non-hydrogen) atoms. The standard InChI is InChI=1S/C26H30N2O5S/c1-3-16(2)12-22(24(29)28-15-34-14-23(28)25(30)31)27-26(32)33-13-21-19-10-6-4-8-17(19)18-9-5-7-11-20(18)21/h4-11,16,21-23H,3,12-15H2,1-2H3,(H,27,32)(H,30,31). The number of aliphatic carboxylic acids is 1. The van der Waals surface area contributed by atoms with E-state index in [1.165, 1.54) is 16.7 Å². The van der Waals surface area contributed by atoms with Crippen LogP contribution in [0.3, 0.4) is 0 Å². The van der Waals surface area contributed by atoms with Crippen molar-refractivity contribution in [1.82, 2.24) is 10.2 Å². The Morgan fingerprint density at radius 1 is 1.12 bits per heavy atom. The second-order valence-corrected chi connectivity index (χ2v) is 9.93. The molecule has 7 nitrogen and oxygen atoms in total. The van der Waals surface area contributed by atoms with E-state index in [-0.39, 0.29) is 24.3 Å². The van der Waals surface area contributed by atoms with E-state index in [1.54, 1.807) is 0 Å². The summed E-state index contributed by atoms with van der Waals surface area (Å²) < 4.78 is 5.63. The zero-order chi connectivity index (χ0) is 24.2. The first kappa shape index (κ1) is 24.1. The van der Waals surface area contributed by atoms with Crippen molar-refractivity contribution in [3.8, 4) is 11.1 Å². The molecule has 2 aromatic carbocycles. The number of carboxylic acid groups (broad SMARTS) is 1. The lowest BCUT2D eigenvalue weighted by Gasteiger charge is -2.28. The molecular formula is C26H30N2O5S. The van der Waals surface area contributed by atoms with Crippen molar-refractivity contribution in [2.75, 3.05) is 18.2 Å². The number of carboxylic acids is 1. The number of alkyl carbamates (subject to hydrolysis) is 1. The average molecular weight is 483 g/mol. The number of fused-ring (bicyclic) bond motifs is 3. The highest BCUT2D eigenvalue weighted by molar-refractivity contribution is 7.99. The molecule has 2 amide bonds. The van der Waals surface area contributed by atoms with Crippen molar-refractivity contribution in [3.63, 3.8) is 0 Å². The van der Waals surface area contributed by atoms with Crippen LogP contribution >= 0.6 is 11.8 Å². The maximum absolute atomic E-state index is 13.2. The van der Waals surface area contributed by atoms with Gasteiger partial charge in [-0.15, -0.1) is 11.8 Å². The van der Waals surface area contributed by atoms with Crippen LogP contribution in [0.4, 0.5) is 4.79 Å². The lowest BCUT2D eigenvalue weighted by Crippen LogP contribution is -2.52. The molecule has 8 heteroatoms. The molecule has 1 saturated heterocycles. The normalized spacial score (nSPS) is 18.6. The van der Waals surface area contributed by atoms with Crippen molar-refractivity contribution in [1.29, 1.82) is 0 Å². The summed E-state index contributed by atoms with van der Waals surface area (Å²) in [5.74, 6) is -0.635. The molecule has 0 bridgehead atoms. The maximum Gasteiger partial charge on any atom is 0.407 e. The molecule has 2 aliphatic rings. The van der Waals surface area contributed by atoms with E-state index in [2.05, 4.69) is 17.4 Å². The van der Waals surface area contributed by atoms with Gasteiger partial charge in [0.15, 0.2) is 0 Å². The SMILES string of the molecule is CCC(C)CC(NC(=O)OCC1c2ccccc2-c2ccccc21)C(=O)N1CSCC1C(=O)O. The molecule has 4 rings (SSSR count). The van der Waals surface area contributed by atoms with Gasteiger partial charge in [0.1, 0.15) is 18.7 Å². The molecule has 3 unspecified atom stereocenters. The lowest BCUT2D eigenvalue weighted by molar-refractivity contribution is -0.148. The Balaban J connectivity index is 1.45. The third kappa shape index (κ3) is 4.92. The fourth-order valence-electron chi connectivity index (χ4n) is 4.64. The average Bonchev–Trinajstić information content (AvgIpc) is 3.45. The largest absolute Gasteiger partial charge is 0.480 e. The summed E-state index contributed by atoms with van der Waals surface area (Å²) >= 11 is 1.40. The molecule has 1 heterocycles. The number of amides is 2. The van der Waals surface area contributed by atoms with Crippen molar-refractivity contribution in [3.05, 3.63) is 59.7 Å². The van der Waals surface area contributed by atoms with Gasteiger partial charge in [-0.2, -0.15) is 0 Å². The summed E-state index contributed by atoms with van der Waals surface area (Å²) in [5, 5.41) is 12.2. The number of thioether (sulfide) groups is 1. The first-order chi connectivity index (χ1) is 16.4. The quantitative estimate of drug-likeness (QED) is 0.582. The van der Waals surface area contributed by atoms with Crippen LogP contribution in [0.25, 0.3) is 11.1 Å². The number of rotatable bonds is 8. The Kier molecular flexibility index (Phi) is 7.46. The molecular weight excluding hydrogens is 452 g/mol. The van der Waals surface area contributed by atoms with E-state index in [0.29, 0.717) is 18.1 Å². The smallest absolute Gasteiger partial charge is 0.407 e. The molecule has 0 saturated carbocycles. The number of carbonyl (C=O) groups is 3. The van der Waals surface area contributed by atoms with Gasteiger partial charge in [0.25, 0.3) is 0 Å². The number of carbonyl (C=O) groups excluding carboxylic acids is 2. The second kappa shape index (κ2) is 10.5. The third-order valence-electron chi connectivity index (χ3n) is 6.72. The molecule has 180 valence electrons. The molecule has 3 atom stereocenters. The summed E-state index contributed by atoms with van der Waals surface area (Å²) in [6.07, 6.45) is 0.600. The zero-order valence-corrected chi connectivity index (χ0v) is 20.2. The van der Waals surface area contributed by atoms with Crippen LogP contribution < -0.4 is 5.32 Å². The van der Waals surface area contributed by atoms with Gasteiger partial charge in [0.05, 0.1) is 5.88 Å². The van der Waals surface area contributed by atoms with Crippen LogP contribution in [0.2, 0.25) is 0 Å². The summed E-state index contributed by atoms with van der Waals surface area (Å²) in [7, 11) is 0. The summed E-state index contributed by atoms with van der Waals surface area (Å²) in [5.41, 5.74) is 4.51. The van der Waals surface area contributed by atoms with Gasteiger partial charge in [0, 0.05) is 11.7 Å². The van der Waals surface area contributed by atoms with Crippen molar-refractivity contribution in [2.45, 2.75) is 44.7 Å². The fraction of sp³-hybridized carbons (Fsp3) is 0.423. The zero-order valence-electron chi connectivity index (χ0n) is 19.4. The minimum Gasteiger partial charge on any atom is -0.480 e. The summed E-state index contributed by atoms with van der Waals surface area (Å²) in [6.45, 7) is 4.18. The van der Waals surface area contributed by atoms with Crippen LogP contribution in [-0.4, -0.2) is 58.3 Å². The highest BCUT2D eigenvalue weighted by Crippen LogP contribution is 2.44. The van der Waals surface area contributed by atoms with Crippen molar-refractivity contribution < 1.29 is 24.2 Å². The summed E-state index contributed by atoms with van der Waals surface area (Å²) in [6, 6.07) is 14.5. The minimum atomic E-state index is -1.03. The number of ether oxygens (including phenoxy) is 1. The minimum absolute atomic E-state index is 0.0757. The van der Waals surface area contributed by atoms with E-state index in [4.69, 9.17) is 4.74 Å². The molecule has 0 radical (unpaired) electrons. The number of hydrogen-bond acceptors (Lipinski definition) is 5. The van der Waals surface area contributed by atoms with E-state index < -0.39 is 24.1 Å². The monoisotopic (exact) mass is 482 g/mol. The van der Waals surface area contributed by atoms with Crippen LogP contribution in [0.5, 0.6) is 0 Å². The van der Waals surface area contributed by atoms with E-state index in [1.807, 2.05) is 50.2 Å². The summed E-state index contributed by atoms with van der Waals surface area (Å²) in [4.78, 5) is 38.9. The first-order valence-electron chi connectivity index (χ1n) is 11.6. The fourth-order valence-corrected chi connectivity index (χ4v) is 5.79. The van der Waals surface area contributed by atoms with Gasteiger partial charge in [-0.25, -0.2) is 9.59 Å². The Bertz CT molecular complexity index is 1030. The predicted octanol–water partition coefficient (Wildman–Crippen LogP) is 4.32.